The van der Waals surface area contributed by atoms with Crippen molar-refractivity contribution in [2.45, 2.75) is 27.2 Å². The molecule has 1 aliphatic heterocycles. The molecule has 1 heterocycles. The van der Waals surface area contributed by atoms with E-state index in [0.29, 0.717) is 5.90 Å². The van der Waals surface area contributed by atoms with E-state index in [1.807, 2.05) is 39.0 Å². The molecule has 0 aromatic heterocycles. The Labute approximate surface area is 85.0 Å². The molecule has 0 unspecified atom stereocenters. The molecular formula is C12H15NO. The normalized spacial score (nSPS) is 22.1. The second-order valence-corrected chi connectivity index (χ2v) is 2.65. The zero-order valence-electron chi connectivity index (χ0n) is 8.87. The van der Waals surface area contributed by atoms with Crippen molar-refractivity contribution in [2.75, 3.05) is 0 Å². The van der Waals surface area contributed by atoms with Gasteiger partial charge >= 0.3 is 0 Å². The van der Waals surface area contributed by atoms with Crippen LogP contribution in [-0.4, -0.2) is 5.90 Å². The third-order valence-corrected chi connectivity index (χ3v) is 1.60. The topological polar surface area (TPSA) is 21.6 Å². The summed E-state index contributed by atoms with van der Waals surface area (Å²) in [5.41, 5.74) is 3.88. The SMILES string of the molecule is CC.CC1=NC2=C=C(/C=C\C/C=C\2)O1. The Morgan fingerprint density at radius 2 is 2.00 bits per heavy atom. The van der Waals surface area contributed by atoms with Gasteiger partial charge in [-0.15, -0.1) is 0 Å². The Kier molecular flexibility index (Phi) is 3.96. The minimum absolute atomic E-state index is 0.676. The van der Waals surface area contributed by atoms with Gasteiger partial charge in [-0.2, -0.15) is 0 Å². The maximum Gasteiger partial charge on any atom is 0.193 e. The quantitative estimate of drug-likeness (QED) is 0.535. The maximum absolute atomic E-state index is 5.31. The van der Waals surface area contributed by atoms with Gasteiger partial charge in [-0.25, -0.2) is 4.99 Å². The lowest BCUT2D eigenvalue weighted by Gasteiger charge is -2.08. The molecule has 2 nitrogen and oxygen atoms in total. The van der Waals surface area contributed by atoms with E-state index in [1.54, 1.807) is 0 Å². The summed E-state index contributed by atoms with van der Waals surface area (Å²) in [5, 5.41) is 0. The molecule has 0 N–H and O–H groups in total. The van der Waals surface area contributed by atoms with Crippen LogP contribution in [0.15, 0.2) is 46.5 Å². The molecule has 0 aromatic carbocycles. The van der Waals surface area contributed by atoms with Crippen molar-refractivity contribution in [1.29, 1.82) is 0 Å². The molecular weight excluding hydrogens is 174 g/mol. The van der Waals surface area contributed by atoms with E-state index in [4.69, 9.17) is 4.74 Å². The number of nitrogens with zero attached hydrogens (tertiary/aromatic N) is 1. The van der Waals surface area contributed by atoms with Crippen LogP contribution in [0.2, 0.25) is 0 Å². The van der Waals surface area contributed by atoms with Crippen LogP contribution in [0.3, 0.4) is 0 Å². The molecule has 0 radical (unpaired) electrons. The summed E-state index contributed by atoms with van der Waals surface area (Å²) in [6.45, 7) is 5.84. The Balaban J connectivity index is 0.000000461. The highest BCUT2D eigenvalue weighted by molar-refractivity contribution is 5.77. The number of rotatable bonds is 0. The zero-order chi connectivity index (χ0) is 10.4. The molecule has 0 amide bonds. The molecule has 2 rings (SSSR count). The number of ether oxygens (including phenoxy) is 1. The molecule has 1 aliphatic carbocycles. The van der Waals surface area contributed by atoms with Crippen LogP contribution in [0, 0.1) is 0 Å². The molecule has 0 saturated heterocycles. The first-order valence-electron chi connectivity index (χ1n) is 4.92. The predicted molar refractivity (Wildman–Crippen MR) is 59.0 cm³/mol. The minimum Gasteiger partial charge on any atom is -0.435 e. The van der Waals surface area contributed by atoms with E-state index in [2.05, 4.69) is 16.8 Å². The minimum atomic E-state index is 0.676. The Morgan fingerprint density at radius 1 is 1.29 bits per heavy atom. The fourth-order valence-electron chi connectivity index (χ4n) is 1.12. The van der Waals surface area contributed by atoms with Crippen LogP contribution in [0.1, 0.15) is 27.2 Å². The Bertz CT molecular complexity index is 353. The molecule has 0 saturated carbocycles. The zero-order valence-corrected chi connectivity index (χ0v) is 8.87. The van der Waals surface area contributed by atoms with E-state index in [1.165, 1.54) is 0 Å². The average molecular weight is 189 g/mol. The van der Waals surface area contributed by atoms with Crippen molar-refractivity contribution in [3.05, 3.63) is 41.5 Å². The van der Waals surface area contributed by atoms with Gasteiger partial charge in [0.25, 0.3) is 0 Å². The second-order valence-electron chi connectivity index (χ2n) is 2.65. The first-order chi connectivity index (χ1) is 6.84. The van der Waals surface area contributed by atoms with Gasteiger partial charge in [-0.3, -0.25) is 0 Å². The van der Waals surface area contributed by atoms with Gasteiger partial charge in [-0.05, 0) is 24.3 Å². The predicted octanol–water partition coefficient (Wildman–Crippen LogP) is 3.34. The van der Waals surface area contributed by atoms with Gasteiger partial charge in [0.2, 0.25) is 0 Å². The van der Waals surface area contributed by atoms with Gasteiger partial charge < -0.3 is 4.74 Å². The second kappa shape index (κ2) is 5.25. The Morgan fingerprint density at radius 3 is 2.79 bits per heavy atom. The number of aliphatic imine (C=N–C) groups is 1. The molecule has 0 fully saturated rings. The van der Waals surface area contributed by atoms with Gasteiger partial charge in [0, 0.05) is 6.92 Å². The monoisotopic (exact) mass is 189 g/mol. The molecule has 0 aromatic rings. The van der Waals surface area contributed by atoms with Crippen LogP contribution in [0.25, 0.3) is 0 Å². The summed E-state index contributed by atoms with van der Waals surface area (Å²) in [7, 11) is 0. The summed E-state index contributed by atoms with van der Waals surface area (Å²) in [6.07, 6.45) is 8.88. The van der Waals surface area contributed by atoms with Crippen LogP contribution >= 0.6 is 0 Å². The van der Waals surface area contributed by atoms with Gasteiger partial charge in [0.1, 0.15) is 5.70 Å². The first-order valence-corrected chi connectivity index (χ1v) is 4.92. The smallest absolute Gasteiger partial charge is 0.193 e. The lowest BCUT2D eigenvalue weighted by molar-refractivity contribution is 0.426. The van der Waals surface area contributed by atoms with Crippen molar-refractivity contribution in [3.8, 4) is 0 Å². The van der Waals surface area contributed by atoms with Gasteiger partial charge in [0.05, 0.1) is 0 Å². The summed E-state index contributed by atoms with van der Waals surface area (Å²) in [5.74, 6) is 1.43. The third-order valence-electron chi connectivity index (χ3n) is 1.60. The third kappa shape index (κ3) is 2.75. The molecule has 2 heteroatoms. The van der Waals surface area contributed by atoms with Crippen molar-refractivity contribution >= 4 is 5.90 Å². The van der Waals surface area contributed by atoms with Crippen LogP contribution in [0.4, 0.5) is 0 Å². The van der Waals surface area contributed by atoms with E-state index < -0.39 is 0 Å². The molecule has 0 spiro atoms. The van der Waals surface area contributed by atoms with Crippen molar-refractivity contribution in [1.82, 2.24) is 0 Å². The molecule has 2 bridgehead atoms. The summed E-state index contributed by atoms with van der Waals surface area (Å²) in [6, 6.07) is 0. The van der Waals surface area contributed by atoms with E-state index in [-0.39, 0.29) is 0 Å². The lowest BCUT2D eigenvalue weighted by Crippen LogP contribution is -2.02. The highest BCUT2D eigenvalue weighted by Crippen LogP contribution is 2.13. The summed E-state index contributed by atoms with van der Waals surface area (Å²) < 4.78 is 5.31. The van der Waals surface area contributed by atoms with E-state index in [9.17, 15) is 0 Å². The van der Waals surface area contributed by atoms with Crippen molar-refractivity contribution in [2.24, 2.45) is 4.99 Å². The van der Waals surface area contributed by atoms with Crippen molar-refractivity contribution < 1.29 is 4.74 Å². The lowest BCUT2D eigenvalue weighted by atomic mass is 10.2. The molecule has 14 heavy (non-hydrogen) atoms. The highest BCUT2D eigenvalue weighted by atomic mass is 16.5. The summed E-state index contributed by atoms with van der Waals surface area (Å²) in [4.78, 5) is 4.16. The highest BCUT2D eigenvalue weighted by Gasteiger charge is 2.04. The van der Waals surface area contributed by atoms with Gasteiger partial charge in [0.15, 0.2) is 11.7 Å². The fourth-order valence-corrected chi connectivity index (χ4v) is 1.12. The fraction of sp³-hybridized carbons (Fsp3) is 0.333. The molecule has 2 aliphatic rings. The maximum atomic E-state index is 5.31. The van der Waals surface area contributed by atoms with Crippen LogP contribution in [0.5, 0.6) is 0 Å². The van der Waals surface area contributed by atoms with Crippen molar-refractivity contribution in [3.63, 3.8) is 0 Å². The number of hydrogen-bond acceptors (Lipinski definition) is 2. The number of hydrogen-bond donors (Lipinski definition) is 0. The van der Waals surface area contributed by atoms with Crippen LogP contribution < -0.4 is 0 Å². The van der Waals surface area contributed by atoms with E-state index in [0.717, 1.165) is 17.9 Å². The average Bonchev–Trinajstić information content (AvgIpc) is 2.17. The summed E-state index contributed by atoms with van der Waals surface area (Å²) >= 11 is 0. The largest absolute Gasteiger partial charge is 0.435 e. The standard InChI is InChI=1S/C10H9NO.C2H6/c1-8-11-9-5-3-2-4-6-10(7-9)12-8;1-2/h3-6H,2H2,1H3;1-2H3/b5-3-,6-4-;. The number of allylic oxidation sites excluding steroid dienone is 3. The van der Waals surface area contributed by atoms with E-state index >= 15 is 0 Å². The first kappa shape index (κ1) is 10.6. The Hall–Kier alpha value is -1.53. The van der Waals surface area contributed by atoms with Crippen LogP contribution in [-0.2, 0) is 4.74 Å². The molecule has 0 atom stereocenters. The van der Waals surface area contributed by atoms with Gasteiger partial charge in [-0.1, -0.05) is 26.0 Å². The molecule has 74 valence electrons.